The van der Waals surface area contributed by atoms with Crippen LogP contribution in [-0.2, 0) is 6.54 Å². The molecule has 3 aromatic rings. The van der Waals surface area contributed by atoms with Gasteiger partial charge >= 0.3 is 0 Å². The fourth-order valence-electron chi connectivity index (χ4n) is 2.59. The standard InChI is InChI=1S/C20H22N6/c1-14-9-16(7-8-24-14)20(22)17-12-25-19(10-18(17)21)26-13-23-11-15-5-3-2-4-6-15/h2-10,12,22-23H,11,13H2,1H3,(H3,21,25,26). The van der Waals surface area contributed by atoms with E-state index in [0.717, 1.165) is 17.8 Å². The number of nitrogens with zero attached hydrogens (tertiary/aromatic N) is 2. The van der Waals surface area contributed by atoms with Crippen molar-refractivity contribution in [1.82, 2.24) is 15.3 Å². The van der Waals surface area contributed by atoms with Gasteiger partial charge in [-0.3, -0.25) is 15.7 Å². The Morgan fingerprint density at radius 2 is 1.92 bits per heavy atom. The highest BCUT2D eigenvalue weighted by Crippen LogP contribution is 2.19. The molecule has 0 bridgehead atoms. The van der Waals surface area contributed by atoms with Crippen LogP contribution in [0.5, 0.6) is 0 Å². The first kappa shape index (κ1) is 17.6. The van der Waals surface area contributed by atoms with Gasteiger partial charge in [0, 0.05) is 47.5 Å². The Bertz CT molecular complexity index is 892. The zero-order valence-electron chi connectivity index (χ0n) is 14.7. The van der Waals surface area contributed by atoms with E-state index in [4.69, 9.17) is 11.1 Å². The van der Waals surface area contributed by atoms with E-state index in [0.29, 0.717) is 29.4 Å². The summed E-state index contributed by atoms with van der Waals surface area (Å²) in [4.78, 5) is 8.52. The molecular weight excluding hydrogens is 324 g/mol. The van der Waals surface area contributed by atoms with Crippen molar-refractivity contribution in [3.63, 3.8) is 0 Å². The summed E-state index contributed by atoms with van der Waals surface area (Å²) in [6.45, 7) is 3.24. The summed E-state index contributed by atoms with van der Waals surface area (Å²) in [5.74, 6) is 0.672. The summed E-state index contributed by atoms with van der Waals surface area (Å²) in [5.41, 5.74) is 10.5. The molecule has 0 saturated heterocycles. The van der Waals surface area contributed by atoms with Crippen molar-refractivity contribution < 1.29 is 0 Å². The van der Waals surface area contributed by atoms with Crippen LogP contribution in [0, 0.1) is 12.3 Å². The van der Waals surface area contributed by atoms with Crippen LogP contribution in [0.25, 0.3) is 0 Å². The molecule has 0 aliphatic rings. The summed E-state index contributed by atoms with van der Waals surface area (Å²) in [6, 6.07) is 15.6. The molecule has 6 nitrogen and oxygen atoms in total. The quantitative estimate of drug-likeness (QED) is 0.299. The summed E-state index contributed by atoms with van der Waals surface area (Å²) in [7, 11) is 0. The fraction of sp³-hybridized carbons (Fsp3) is 0.150. The molecule has 26 heavy (non-hydrogen) atoms. The largest absolute Gasteiger partial charge is 0.398 e. The SMILES string of the molecule is Cc1cc(C(=N)c2cnc(NCNCc3ccccc3)cc2N)ccn1. The molecule has 0 unspecified atom stereocenters. The van der Waals surface area contributed by atoms with Gasteiger partial charge in [-0.25, -0.2) is 4.98 Å². The zero-order valence-corrected chi connectivity index (χ0v) is 14.7. The van der Waals surface area contributed by atoms with Crippen LogP contribution in [0.1, 0.15) is 22.4 Å². The lowest BCUT2D eigenvalue weighted by Crippen LogP contribution is -2.22. The third kappa shape index (κ3) is 4.43. The maximum Gasteiger partial charge on any atom is 0.128 e. The highest BCUT2D eigenvalue weighted by molar-refractivity contribution is 6.13. The van der Waals surface area contributed by atoms with Gasteiger partial charge in [-0.15, -0.1) is 0 Å². The molecule has 1 aromatic carbocycles. The first-order valence-electron chi connectivity index (χ1n) is 8.39. The van der Waals surface area contributed by atoms with Crippen molar-refractivity contribution in [3.8, 4) is 0 Å². The lowest BCUT2D eigenvalue weighted by atomic mass is 10.0. The minimum atomic E-state index is 0.342. The summed E-state index contributed by atoms with van der Waals surface area (Å²) >= 11 is 0. The Morgan fingerprint density at radius 1 is 1.12 bits per heavy atom. The second-order valence-corrected chi connectivity index (χ2v) is 5.98. The highest BCUT2D eigenvalue weighted by Gasteiger charge is 2.10. The number of aromatic nitrogens is 2. The van der Waals surface area contributed by atoms with Gasteiger partial charge in [-0.1, -0.05) is 30.3 Å². The number of nitrogen functional groups attached to an aromatic ring is 1. The number of nitrogens with one attached hydrogen (secondary N) is 3. The third-order valence-electron chi connectivity index (χ3n) is 3.96. The third-order valence-corrected chi connectivity index (χ3v) is 3.96. The monoisotopic (exact) mass is 346 g/mol. The van der Waals surface area contributed by atoms with Crippen molar-refractivity contribution in [3.05, 3.63) is 83.3 Å². The Hall–Kier alpha value is -3.25. The van der Waals surface area contributed by atoms with Crippen molar-refractivity contribution in [2.75, 3.05) is 17.7 Å². The van der Waals surface area contributed by atoms with Gasteiger partial charge in [0.2, 0.25) is 0 Å². The Kier molecular flexibility index (Phi) is 5.56. The molecule has 0 amide bonds. The van der Waals surface area contributed by atoms with Gasteiger partial charge < -0.3 is 11.1 Å². The number of hydrogen-bond acceptors (Lipinski definition) is 6. The molecule has 0 radical (unpaired) electrons. The molecule has 0 aliphatic carbocycles. The molecule has 0 fully saturated rings. The van der Waals surface area contributed by atoms with E-state index in [-0.39, 0.29) is 0 Å². The van der Waals surface area contributed by atoms with Crippen LogP contribution in [0.3, 0.4) is 0 Å². The normalized spacial score (nSPS) is 10.5. The van der Waals surface area contributed by atoms with E-state index >= 15 is 0 Å². The molecule has 6 heteroatoms. The smallest absolute Gasteiger partial charge is 0.128 e. The van der Waals surface area contributed by atoms with Crippen molar-refractivity contribution >= 4 is 17.2 Å². The Balaban J connectivity index is 1.59. The van der Waals surface area contributed by atoms with Crippen LogP contribution >= 0.6 is 0 Å². The van der Waals surface area contributed by atoms with Gasteiger partial charge in [0.1, 0.15) is 5.82 Å². The first-order valence-corrected chi connectivity index (χ1v) is 8.39. The zero-order chi connectivity index (χ0) is 18.4. The second-order valence-electron chi connectivity index (χ2n) is 5.98. The van der Waals surface area contributed by atoms with E-state index < -0.39 is 0 Å². The number of pyridine rings is 2. The summed E-state index contributed by atoms with van der Waals surface area (Å²) in [6.07, 6.45) is 3.32. The Morgan fingerprint density at radius 3 is 2.65 bits per heavy atom. The maximum atomic E-state index is 8.36. The lowest BCUT2D eigenvalue weighted by Gasteiger charge is -2.11. The molecule has 0 aliphatic heterocycles. The van der Waals surface area contributed by atoms with Gasteiger partial charge in [0.15, 0.2) is 0 Å². The molecule has 132 valence electrons. The van der Waals surface area contributed by atoms with Crippen LogP contribution in [0.2, 0.25) is 0 Å². The lowest BCUT2D eigenvalue weighted by molar-refractivity contribution is 0.732. The molecule has 0 atom stereocenters. The van der Waals surface area contributed by atoms with Crippen LogP contribution in [0.4, 0.5) is 11.5 Å². The molecule has 2 aromatic heterocycles. The van der Waals surface area contributed by atoms with Crippen molar-refractivity contribution in [1.29, 1.82) is 5.41 Å². The number of benzene rings is 1. The van der Waals surface area contributed by atoms with Gasteiger partial charge in [-0.2, -0.15) is 0 Å². The average molecular weight is 346 g/mol. The van der Waals surface area contributed by atoms with Crippen molar-refractivity contribution in [2.24, 2.45) is 0 Å². The number of rotatable bonds is 7. The van der Waals surface area contributed by atoms with Gasteiger partial charge in [0.05, 0.1) is 12.4 Å². The van der Waals surface area contributed by atoms with Crippen LogP contribution in [0.15, 0.2) is 60.9 Å². The first-order chi connectivity index (χ1) is 12.6. The molecule has 0 spiro atoms. The van der Waals surface area contributed by atoms with Gasteiger partial charge in [-0.05, 0) is 24.6 Å². The molecular formula is C20H22N6. The maximum absolute atomic E-state index is 8.36. The summed E-state index contributed by atoms with van der Waals surface area (Å²) < 4.78 is 0. The van der Waals surface area contributed by atoms with E-state index in [2.05, 4.69) is 32.7 Å². The molecule has 5 N–H and O–H groups in total. The number of aryl methyl sites for hydroxylation is 1. The Labute approximate surface area is 153 Å². The van der Waals surface area contributed by atoms with E-state index in [9.17, 15) is 0 Å². The van der Waals surface area contributed by atoms with E-state index in [1.54, 1.807) is 24.5 Å². The van der Waals surface area contributed by atoms with Crippen LogP contribution in [-0.4, -0.2) is 22.3 Å². The highest BCUT2D eigenvalue weighted by atomic mass is 15.1. The van der Waals surface area contributed by atoms with E-state index in [1.165, 1.54) is 5.56 Å². The van der Waals surface area contributed by atoms with Gasteiger partial charge in [0.25, 0.3) is 0 Å². The van der Waals surface area contributed by atoms with Crippen molar-refractivity contribution in [2.45, 2.75) is 13.5 Å². The second kappa shape index (κ2) is 8.22. The van der Waals surface area contributed by atoms with E-state index in [1.807, 2.05) is 31.2 Å². The predicted molar refractivity (Wildman–Crippen MR) is 105 cm³/mol. The molecule has 3 rings (SSSR count). The minimum absolute atomic E-state index is 0.342. The average Bonchev–Trinajstić information content (AvgIpc) is 2.66. The predicted octanol–water partition coefficient (Wildman–Crippen LogP) is 2.94. The fourth-order valence-corrected chi connectivity index (χ4v) is 2.59. The number of nitrogens with two attached hydrogens (primary N) is 1. The molecule has 2 heterocycles. The number of hydrogen-bond donors (Lipinski definition) is 4. The topological polar surface area (TPSA) is 99.7 Å². The molecule has 0 saturated carbocycles. The van der Waals surface area contributed by atoms with Crippen LogP contribution < -0.4 is 16.4 Å². The number of anilines is 2. The summed E-state index contributed by atoms with van der Waals surface area (Å²) in [5, 5.41) is 14.8. The minimum Gasteiger partial charge on any atom is -0.398 e.